The largest absolute Gasteiger partial charge is 0.370 e. The fourth-order valence-electron chi connectivity index (χ4n) is 2.97. The number of rotatable bonds is 3. The SMILES string of the molecule is Cc1c(Cl)cccc1N1CCCN(Cc2ncnn2C)CC1. The maximum absolute atomic E-state index is 6.26. The summed E-state index contributed by atoms with van der Waals surface area (Å²) < 4.78 is 1.85. The lowest BCUT2D eigenvalue weighted by Gasteiger charge is -2.25. The number of hydrogen-bond acceptors (Lipinski definition) is 4. The Morgan fingerprint density at radius 3 is 2.82 bits per heavy atom. The summed E-state index contributed by atoms with van der Waals surface area (Å²) in [6.45, 7) is 7.15. The van der Waals surface area contributed by atoms with Gasteiger partial charge in [-0.1, -0.05) is 17.7 Å². The van der Waals surface area contributed by atoms with Crippen LogP contribution in [0.15, 0.2) is 24.5 Å². The zero-order valence-electron chi connectivity index (χ0n) is 13.2. The van der Waals surface area contributed by atoms with Gasteiger partial charge < -0.3 is 4.90 Å². The predicted molar refractivity (Wildman–Crippen MR) is 89.3 cm³/mol. The van der Waals surface area contributed by atoms with Gasteiger partial charge in [-0.2, -0.15) is 5.10 Å². The Morgan fingerprint density at radius 1 is 1.18 bits per heavy atom. The van der Waals surface area contributed by atoms with Crippen LogP contribution in [0, 0.1) is 6.92 Å². The highest BCUT2D eigenvalue weighted by Crippen LogP contribution is 2.27. The highest BCUT2D eigenvalue weighted by Gasteiger charge is 2.18. The first kappa shape index (κ1) is 15.3. The summed E-state index contributed by atoms with van der Waals surface area (Å²) >= 11 is 6.26. The molecule has 1 aromatic carbocycles. The topological polar surface area (TPSA) is 37.2 Å². The lowest BCUT2D eigenvalue weighted by molar-refractivity contribution is 0.274. The van der Waals surface area contributed by atoms with Gasteiger partial charge in [0.2, 0.25) is 0 Å². The standard InChI is InChI=1S/C16H22ClN5/c1-13-14(17)5-3-6-15(13)22-8-4-7-21(9-10-22)11-16-18-12-19-20(16)2/h3,5-6,12H,4,7-11H2,1-2H3. The first-order chi connectivity index (χ1) is 10.6. The highest BCUT2D eigenvalue weighted by atomic mass is 35.5. The Bertz CT molecular complexity index is 639. The van der Waals surface area contributed by atoms with E-state index in [9.17, 15) is 0 Å². The van der Waals surface area contributed by atoms with Crippen LogP contribution < -0.4 is 4.90 Å². The van der Waals surface area contributed by atoms with Crippen LogP contribution in [-0.4, -0.2) is 45.8 Å². The Hall–Kier alpha value is -1.59. The van der Waals surface area contributed by atoms with Gasteiger partial charge in [0.25, 0.3) is 0 Å². The molecule has 0 N–H and O–H groups in total. The number of benzene rings is 1. The molecule has 118 valence electrons. The lowest BCUT2D eigenvalue weighted by Crippen LogP contribution is -2.31. The number of anilines is 1. The van der Waals surface area contributed by atoms with E-state index >= 15 is 0 Å². The van der Waals surface area contributed by atoms with Gasteiger partial charge in [-0.15, -0.1) is 0 Å². The van der Waals surface area contributed by atoms with Gasteiger partial charge in [-0.05, 0) is 31.0 Å². The molecule has 1 aliphatic heterocycles. The second-order valence-electron chi connectivity index (χ2n) is 5.80. The molecule has 0 atom stereocenters. The molecule has 0 unspecified atom stereocenters. The minimum Gasteiger partial charge on any atom is -0.370 e. The van der Waals surface area contributed by atoms with Crippen LogP contribution in [0.25, 0.3) is 0 Å². The summed E-state index contributed by atoms with van der Waals surface area (Å²) in [5.41, 5.74) is 2.43. The molecule has 1 fully saturated rings. The van der Waals surface area contributed by atoms with E-state index in [0.29, 0.717) is 0 Å². The van der Waals surface area contributed by atoms with Crippen molar-refractivity contribution in [1.82, 2.24) is 19.7 Å². The average Bonchev–Trinajstić information content (AvgIpc) is 2.77. The van der Waals surface area contributed by atoms with Crippen LogP contribution >= 0.6 is 11.6 Å². The molecule has 3 rings (SSSR count). The molecule has 1 aromatic heterocycles. The Morgan fingerprint density at radius 2 is 2.05 bits per heavy atom. The summed E-state index contributed by atoms with van der Waals surface area (Å²) in [5, 5.41) is 4.99. The van der Waals surface area contributed by atoms with Gasteiger partial charge in [0.1, 0.15) is 12.2 Å². The number of aromatic nitrogens is 3. The number of hydrogen-bond donors (Lipinski definition) is 0. The van der Waals surface area contributed by atoms with Crippen molar-refractivity contribution in [3.8, 4) is 0 Å². The lowest BCUT2D eigenvalue weighted by atomic mass is 10.1. The molecular weight excluding hydrogens is 298 g/mol. The molecule has 0 spiro atoms. The fraction of sp³-hybridized carbons (Fsp3) is 0.500. The van der Waals surface area contributed by atoms with Crippen molar-refractivity contribution in [2.24, 2.45) is 7.05 Å². The molecule has 1 saturated heterocycles. The van der Waals surface area contributed by atoms with E-state index < -0.39 is 0 Å². The Kier molecular flexibility index (Phi) is 4.64. The van der Waals surface area contributed by atoms with Gasteiger partial charge in [0.05, 0.1) is 6.54 Å². The van der Waals surface area contributed by atoms with Gasteiger partial charge >= 0.3 is 0 Å². The van der Waals surface area contributed by atoms with Crippen molar-refractivity contribution in [2.45, 2.75) is 19.9 Å². The average molecular weight is 320 g/mol. The van der Waals surface area contributed by atoms with Gasteiger partial charge in [-0.3, -0.25) is 9.58 Å². The molecule has 2 heterocycles. The normalized spacial score (nSPS) is 16.8. The second-order valence-corrected chi connectivity index (χ2v) is 6.21. The van der Waals surface area contributed by atoms with Crippen molar-refractivity contribution >= 4 is 17.3 Å². The maximum atomic E-state index is 6.26. The molecule has 0 amide bonds. The monoisotopic (exact) mass is 319 g/mol. The molecule has 0 radical (unpaired) electrons. The van der Waals surface area contributed by atoms with E-state index in [1.54, 1.807) is 6.33 Å². The van der Waals surface area contributed by atoms with Crippen LogP contribution in [-0.2, 0) is 13.6 Å². The smallest absolute Gasteiger partial charge is 0.140 e. The Labute approximate surface area is 136 Å². The molecule has 0 bridgehead atoms. The summed E-state index contributed by atoms with van der Waals surface area (Å²) in [7, 11) is 1.95. The van der Waals surface area contributed by atoms with E-state index in [1.165, 1.54) is 11.3 Å². The van der Waals surface area contributed by atoms with Crippen molar-refractivity contribution in [3.05, 3.63) is 40.9 Å². The number of halogens is 1. The molecule has 1 aliphatic rings. The molecule has 22 heavy (non-hydrogen) atoms. The highest BCUT2D eigenvalue weighted by molar-refractivity contribution is 6.31. The minimum absolute atomic E-state index is 0.845. The maximum Gasteiger partial charge on any atom is 0.140 e. The molecule has 0 aliphatic carbocycles. The van der Waals surface area contributed by atoms with E-state index in [0.717, 1.165) is 50.0 Å². The molecule has 5 nitrogen and oxygen atoms in total. The van der Waals surface area contributed by atoms with Crippen LogP contribution in [0.2, 0.25) is 5.02 Å². The van der Waals surface area contributed by atoms with Crippen molar-refractivity contribution in [3.63, 3.8) is 0 Å². The quantitative estimate of drug-likeness (QED) is 0.871. The van der Waals surface area contributed by atoms with E-state index in [1.807, 2.05) is 23.9 Å². The second kappa shape index (κ2) is 6.67. The molecule has 0 saturated carbocycles. The van der Waals surface area contributed by atoms with Crippen LogP contribution in [0.3, 0.4) is 0 Å². The zero-order chi connectivity index (χ0) is 15.5. The third-order valence-corrected chi connectivity index (χ3v) is 4.75. The van der Waals surface area contributed by atoms with Gasteiger partial charge in [0, 0.05) is 43.9 Å². The third-order valence-electron chi connectivity index (χ3n) is 4.34. The Balaban J connectivity index is 1.67. The van der Waals surface area contributed by atoms with Crippen LogP contribution in [0.4, 0.5) is 5.69 Å². The van der Waals surface area contributed by atoms with E-state index in [-0.39, 0.29) is 0 Å². The molecular formula is C16H22ClN5. The fourth-order valence-corrected chi connectivity index (χ4v) is 3.14. The van der Waals surface area contributed by atoms with Gasteiger partial charge in [-0.25, -0.2) is 4.98 Å². The van der Waals surface area contributed by atoms with E-state index in [2.05, 4.69) is 32.9 Å². The van der Waals surface area contributed by atoms with Crippen LogP contribution in [0.1, 0.15) is 17.8 Å². The first-order valence-corrected chi connectivity index (χ1v) is 8.08. The molecule has 6 heteroatoms. The van der Waals surface area contributed by atoms with Crippen molar-refractivity contribution in [2.75, 3.05) is 31.1 Å². The van der Waals surface area contributed by atoms with E-state index in [4.69, 9.17) is 11.6 Å². The van der Waals surface area contributed by atoms with Crippen molar-refractivity contribution in [1.29, 1.82) is 0 Å². The molecule has 2 aromatic rings. The summed E-state index contributed by atoms with van der Waals surface area (Å²) in [5.74, 6) is 1.02. The number of aryl methyl sites for hydroxylation is 1. The summed E-state index contributed by atoms with van der Waals surface area (Å²) in [6, 6.07) is 6.16. The zero-order valence-corrected chi connectivity index (χ0v) is 13.9. The summed E-state index contributed by atoms with van der Waals surface area (Å²) in [4.78, 5) is 9.21. The van der Waals surface area contributed by atoms with Crippen LogP contribution in [0.5, 0.6) is 0 Å². The predicted octanol–water partition coefficient (Wildman–Crippen LogP) is 2.49. The minimum atomic E-state index is 0.845. The van der Waals surface area contributed by atoms with Crippen molar-refractivity contribution < 1.29 is 0 Å². The summed E-state index contributed by atoms with van der Waals surface area (Å²) in [6.07, 6.45) is 2.76. The first-order valence-electron chi connectivity index (χ1n) is 7.70. The number of nitrogens with zero attached hydrogens (tertiary/aromatic N) is 5. The van der Waals surface area contributed by atoms with Gasteiger partial charge in [0.15, 0.2) is 0 Å². The third kappa shape index (κ3) is 3.25.